The molecule has 1 atom stereocenters. The van der Waals surface area contributed by atoms with Crippen molar-refractivity contribution in [2.75, 3.05) is 39.4 Å². The fourth-order valence-corrected chi connectivity index (χ4v) is 4.05. The largest absolute Gasteiger partial charge is 0.379 e. The molecule has 2 fully saturated rings. The SMILES string of the molecule is Cc1ccc2cc(C(=O)N3CCCC[C@@H]3CN3CCOCC3)[nH]c2c1. The highest BCUT2D eigenvalue weighted by Crippen LogP contribution is 2.23. The molecule has 134 valence electrons. The molecule has 0 bridgehead atoms. The van der Waals surface area contributed by atoms with Crippen LogP contribution in [0.4, 0.5) is 0 Å². The van der Waals surface area contributed by atoms with Crippen LogP contribution in [0.15, 0.2) is 24.3 Å². The van der Waals surface area contributed by atoms with Gasteiger partial charge < -0.3 is 14.6 Å². The zero-order valence-corrected chi connectivity index (χ0v) is 15.0. The van der Waals surface area contributed by atoms with Gasteiger partial charge in [0.25, 0.3) is 5.91 Å². The first kappa shape index (κ1) is 16.6. The van der Waals surface area contributed by atoms with E-state index in [1.165, 1.54) is 12.0 Å². The number of H-pyrrole nitrogens is 1. The van der Waals surface area contributed by atoms with Crippen molar-refractivity contribution in [2.45, 2.75) is 32.2 Å². The van der Waals surface area contributed by atoms with Crippen molar-refractivity contribution in [3.8, 4) is 0 Å². The number of piperidine rings is 1. The number of carbonyl (C=O) groups is 1. The van der Waals surface area contributed by atoms with Crippen LogP contribution in [-0.4, -0.2) is 66.1 Å². The van der Waals surface area contributed by atoms with E-state index in [1.54, 1.807) is 0 Å². The molecule has 1 amide bonds. The molecule has 2 saturated heterocycles. The molecule has 0 aliphatic carbocycles. The zero-order valence-electron chi connectivity index (χ0n) is 15.0. The Labute approximate surface area is 148 Å². The van der Waals surface area contributed by atoms with Crippen molar-refractivity contribution in [3.63, 3.8) is 0 Å². The number of carbonyl (C=O) groups excluding carboxylic acids is 1. The second-order valence-corrected chi connectivity index (χ2v) is 7.33. The van der Waals surface area contributed by atoms with Gasteiger partial charge in [0.05, 0.1) is 13.2 Å². The maximum atomic E-state index is 13.2. The molecule has 25 heavy (non-hydrogen) atoms. The number of benzene rings is 1. The number of hydrogen-bond donors (Lipinski definition) is 1. The quantitative estimate of drug-likeness (QED) is 0.934. The lowest BCUT2D eigenvalue weighted by atomic mass is 10.0. The van der Waals surface area contributed by atoms with Gasteiger partial charge in [0.15, 0.2) is 0 Å². The van der Waals surface area contributed by atoms with Crippen molar-refractivity contribution in [1.82, 2.24) is 14.8 Å². The minimum Gasteiger partial charge on any atom is -0.379 e. The predicted molar refractivity (Wildman–Crippen MR) is 99.0 cm³/mol. The van der Waals surface area contributed by atoms with Gasteiger partial charge in [-0.1, -0.05) is 12.1 Å². The third-order valence-corrected chi connectivity index (χ3v) is 5.47. The Hall–Kier alpha value is -1.85. The van der Waals surface area contributed by atoms with Crippen LogP contribution in [0.5, 0.6) is 0 Å². The number of ether oxygens (including phenoxy) is 1. The molecule has 0 radical (unpaired) electrons. The fourth-order valence-electron chi connectivity index (χ4n) is 4.05. The van der Waals surface area contributed by atoms with Crippen molar-refractivity contribution < 1.29 is 9.53 Å². The van der Waals surface area contributed by atoms with Crippen molar-refractivity contribution in [2.24, 2.45) is 0 Å². The topological polar surface area (TPSA) is 48.6 Å². The summed E-state index contributed by atoms with van der Waals surface area (Å²) in [6, 6.07) is 8.59. The van der Waals surface area contributed by atoms with Crippen LogP contribution in [-0.2, 0) is 4.74 Å². The van der Waals surface area contributed by atoms with E-state index in [-0.39, 0.29) is 5.91 Å². The zero-order chi connectivity index (χ0) is 17.2. The van der Waals surface area contributed by atoms with Crippen LogP contribution in [0.2, 0.25) is 0 Å². The van der Waals surface area contributed by atoms with E-state index in [0.717, 1.165) is 68.8 Å². The number of fused-ring (bicyclic) bond motifs is 1. The Morgan fingerprint density at radius 1 is 1.20 bits per heavy atom. The molecule has 3 heterocycles. The number of morpholine rings is 1. The molecule has 1 N–H and O–H groups in total. The van der Waals surface area contributed by atoms with Gasteiger partial charge in [-0.15, -0.1) is 0 Å². The first-order valence-corrected chi connectivity index (χ1v) is 9.41. The van der Waals surface area contributed by atoms with Crippen LogP contribution < -0.4 is 0 Å². The van der Waals surface area contributed by atoms with Crippen LogP contribution in [0.3, 0.4) is 0 Å². The highest BCUT2D eigenvalue weighted by molar-refractivity contribution is 5.98. The van der Waals surface area contributed by atoms with Crippen molar-refractivity contribution >= 4 is 16.8 Å². The van der Waals surface area contributed by atoms with Gasteiger partial charge in [-0.05, 0) is 43.9 Å². The average molecular weight is 341 g/mol. The second-order valence-electron chi connectivity index (χ2n) is 7.33. The van der Waals surface area contributed by atoms with Crippen molar-refractivity contribution in [1.29, 1.82) is 0 Å². The second kappa shape index (κ2) is 7.18. The van der Waals surface area contributed by atoms with Gasteiger partial charge in [-0.25, -0.2) is 0 Å². The normalized spacial score (nSPS) is 22.4. The third-order valence-electron chi connectivity index (χ3n) is 5.47. The minimum absolute atomic E-state index is 0.145. The van der Waals surface area contributed by atoms with E-state index in [0.29, 0.717) is 6.04 Å². The number of nitrogens with zero attached hydrogens (tertiary/aromatic N) is 2. The van der Waals surface area contributed by atoms with Crippen LogP contribution in [0, 0.1) is 6.92 Å². The fraction of sp³-hybridized carbons (Fsp3) is 0.550. The summed E-state index contributed by atoms with van der Waals surface area (Å²) in [6.07, 6.45) is 3.41. The number of aryl methyl sites for hydroxylation is 1. The average Bonchev–Trinajstić information content (AvgIpc) is 3.05. The lowest BCUT2D eigenvalue weighted by Gasteiger charge is -2.39. The first-order chi connectivity index (χ1) is 12.2. The Morgan fingerprint density at radius 3 is 2.88 bits per heavy atom. The maximum Gasteiger partial charge on any atom is 0.270 e. The lowest BCUT2D eigenvalue weighted by Crippen LogP contribution is -2.51. The number of aromatic amines is 1. The smallest absolute Gasteiger partial charge is 0.270 e. The highest BCUT2D eigenvalue weighted by atomic mass is 16.5. The molecule has 0 unspecified atom stereocenters. The van der Waals surface area contributed by atoms with Gasteiger partial charge in [0.1, 0.15) is 5.69 Å². The predicted octanol–water partition coefficient (Wildman–Crippen LogP) is 2.80. The number of rotatable bonds is 3. The highest BCUT2D eigenvalue weighted by Gasteiger charge is 2.30. The number of aromatic nitrogens is 1. The number of amides is 1. The molecule has 0 saturated carbocycles. The molecule has 4 rings (SSSR count). The van der Waals surface area contributed by atoms with E-state index >= 15 is 0 Å². The molecule has 1 aromatic heterocycles. The van der Waals surface area contributed by atoms with E-state index in [9.17, 15) is 4.79 Å². The summed E-state index contributed by atoms with van der Waals surface area (Å²) in [5, 5.41) is 1.11. The van der Waals surface area contributed by atoms with Gasteiger partial charge in [-0.2, -0.15) is 0 Å². The summed E-state index contributed by atoms with van der Waals surface area (Å²) < 4.78 is 5.45. The number of nitrogens with one attached hydrogen (secondary N) is 1. The molecule has 0 spiro atoms. The Balaban J connectivity index is 1.52. The summed E-state index contributed by atoms with van der Waals surface area (Å²) in [5.41, 5.74) is 2.97. The Bertz CT molecular complexity index is 748. The van der Waals surface area contributed by atoms with Crippen LogP contribution >= 0.6 is 0 Å². The van der Waals surface area contributed by atoms with E-state index in [1.807, 2.05) is 6.07 Å². The summed E-state index contributed by atoms with van der Waals surface area (Å²) in [5.74, 6) is 0.145. The van der Waals surface area contributed by atoms with Gasteiger partial charge in [0, 0.05) is 43.1 Å². The van der Waals surface area contributed by atoms with Crippen LogP contribution in [0.25, 0.3) is 10.9 Å². The molecule has 2 aliphatic rings. The molecular weight excluding hydrogens is 314 g/mol. The van der Waals surface area contributed by atoms with E-state index < -0.39 is 0 Å². The van der Waals surface area contributed by atoms with Crippen molar-refractivity contribution in [3.05, 3.63) is 35.5 Å². The van der Waals surface area contributed by atoms with Gasteiger partial charge in [-0.3, -0.25) is 9.69 Å². The lowest BCUT2D eigenvalue weighted by molar-refractivity contribution is 0.0165. The molecule has 1 aromatic carbocycles. The molecule has 5 heteroatoms. The summed E-state index contributed by atoms with van der Waals surface area (Å²) in [7, 11) is 0. The monoisotopic (exact) mass is 341 g/mol. The molecular formula is C20H27N3O2. The minimum atomic E-state index is 0.145. The summed E-state index contributed by atoms with van der Waals surface area (Å²) in [6.45, 7) is 7.47. The number of hydrogen-bond acceptors (Lipinski definition) is 3. The first-order valence-electron chi connectivity index (χ1n) is 9.41. The van der Waals surface area contributed by atoms with E-state index in [4.69, 9.17) is 4.74 Å². The number of likely N-dealkylation sites (tertiary alicyclic amines) is 1. The van der Waals surface area contributed by atoms with Crippen LogP contribution in [0.1, 0.15) is 35.3 Å². The molecule has 2 aromatic rings. The summed E-state index contributed by atoms with van der Waals surface area (Å²) >= 11 is 0. The molecule has 5 nitrogen and oxygen atoms in total. The Kier molecular flexibility index (Phi) is 4.77. The standard InChI is InChI=1S/C20H27N3O2/c1-15-5-6-16-13-19(21-18(16)12-15)20(24)23-7-3-2-4-17(23)14-22-8-10-25-11-9-22/h5-6,12-13,17,21H,2-4,7-11,14H2,1H3/t17-/m1/s1. The Morgan fingerprint density at radius 2 is 2.04 bits per heavy atom. The van der Waals surface area contributed by atoms with E-state index in [2.05, 4.69) is 39.9 Å². The molecule has 2 aliphatic heterocycles. The summed E-state index contributed by atoms with van der Waals surface area (Å²) in [4.78, 5) is 21.0. The van der Waals surface area contributed by atoms with Gasteiger partial charge >= 0.3 is 0 Å². The third kappa shape index (κ3) is 3.58. The maximum absolute atomic E-state index is 13.2. The van der Waals surface area contributed by atoms with Gasteiger partial charge in [0.2, 0.25) is 0 Å².